The van der Waals surface area contributed by atoms with Crippen LogP contribution < -0.4 is 0 Å². The molecule has 0 aliphatic carbocycles. The second kappa shape index (κ2) is 33.0. The Balaban J connectivity index is -0.000000303. The average Bonchev–Trinajstić information content (AvgIpc) is 3.06. The molecule has 4 rings (SSSR count). The standard InChI is InChI=1S/4C10H14NO.2N3.2Re/c4*1-7-5-4-6-8(2)10(7)11-9(3)12;2*1-3-2;;/h4*4-6,9,12H,1-3H3;;;;/q6*-1;;. The molecule has 310 valence electrons. The van der Waals surface area contributed by atoms with Crippen LogP contribution in [0.1, 0.15) is 72.2 Å². The number of aryl methyl sites for hydroxylation is 8. The average molecular weight is 1110 g/mol. The third-order valence-electron chi connectivity index (χ3n) is 7.02. The fraction of sp³-hybridized carbons (Fsp3) is 0.400. The van der Waals surface area contributed by atoms with Crippen molar-refractivity contribution in [3.63, 3.8) is 0 Å². The number of nitrogens with zero attached hydrogens (tertiary/aromatic N) is 10. The zero-order valence-electron chi connectivity index (χ0n) is 34.3. The molecule has 0 aliphatic heterocycles. The van der Waals surface area contributed by atoms with Gasteiger partial charge in [0.2, 0.25) is 0 Å². The van der Waals surface area contributed by atoms with Gasteiger partial charge < -0.3 is 63.8 Å². The molecule has 0 aromatic heterocycles. The van der Waals surface area contributed by atoms with Crippen LogP contribution in [-0.2, 0) is 40.8 Å². The normalized spacial score (nSPS) is 11.1. The summed E-state index contributed by atoms with van der Waals surface area (Å²) in [5.74, 6) is 0. The van der Waals surface area contributed by atoms with Gasteiger partial charge in [0.15, 0.2) is 0 Å². The third kappa shape index (κ3) is 25.9. The van der Waals surface area contributed by atoms with E-state index in [1.54, 1.807) is 27.7 Å². The van der Waals surface area contributed by atoms with Crippen molar-refractivity contribution in [3.8, 4) is 0 Å². The Bertz CT molecular complexity index is 1420. The van der Waals surface area contributed by atoms with Gasteiger partial charge in [-0.1, -0.05) is 145 Å². The molecular formula is C40H56N10O4Re2-6. The van der Waals surface area contributed by atoms with Crippen LogP contribution in [0.3, 0.4) is 0 Å². The molecule has 0 bridgehead atoms. The molecule has 0 heterocycles. The summed E-state index contributed by atoms with van der Waals surface area (Å²) in [6.45, 7) is 22.6. The maximum Gasteiger partial charge on any atom is 0 e. The molecule has 4 N–H and O–H groups in total. The number of hydrogen-bond acceptors (Lipinski definition) is 4. The van der Waals surface area contributed by atoms with Gasteiger partial charge in [-0.3, -0.25) is 9.82 Å². The van der Waals surface area contributed by atoms with Gasteiger partial charge in [-0.25, -0.2) is 0 Å². The second-order valence-electron chi connectivity index (χ2n) is 12.2. The van der Waals surface area contributed by atoms with Crippen molar-refractivity contribution in [2.75, 3.05) is 0 Å². The monoisotopic (exact) mass is 1110 g/mol. The van der Waals surface area contributed by atoms with Crippen molar-refractivity contribution in [1.82, 2.24) is 0 Å². The van der Waals surface area contributed by atoms with Gasteiger partial charge in [-0.05, 0) is 80.3 Å². The van der Waals surface area contributed by atoms with Gasteiger partial charge in [0.05, 0.1) is 0 Å². The van der Waals surface area contributed by atoms with E-state index in [2.05, 4.69) is 21.3 Å². The predicted octanol–water partition coefficient (Wildman–Crippen LogP) is 12.3. The summed E-state index contributed by atoms with van der Waals surface area (Å²) in [7, 11) is 0. The molecule has 14 nitrogen and oxygen atoms in total. The van der Waals surface area contributed by atoms with Crippen LogP contribution in [0.25, 0.3) is 53.2 Å². The van der Waals surface area contributed by atoms with Crippen molar-refractivity contribution < 1.29 is 61.3 Å². The first-order valence-electron chi connectivity index (χ1n) is 17.0. The van der Waals surface area contributed by atoms with Crippen LogP contribution in [0.15, 0.2) is 72.8 Å². The first-order valence-corrected chi connectivity index (χ1v) is 17.0. The zero-order valence-corrected chi connectivity index (χ0v) is 39.7. The minimum absolute atomic E-state index is 0. The van der Waals surface area contributed by atoms with Gasteiger partial charge in [-0.15, -0.1) is 22.7 Å². The number of hydrogen-bond donors (Lipinski definition) is 4. The molecule has 0 saturated heterocycles. The predicted molar refractivity (Wildman–Crippen MR) is 223 cm³/mol. The maximum atomic E-state index is 9.09. The zero-order chi connectivity index (χ0) is 42.0. The molecule has 4 atom stereocenters. The van der Waals surface area contributed by atoms with Crippen molar-refractivity contribution in [3.05, 3.63) is 171 Å². The second-order valence-corrected chi connectivity index (χ2v) is 12.2. The van der Waals surface area contributed by atoms with Crippen molar-refractivity contribution in [1.29, 1.82) is 0 Å². The Hall–Kier alpha value is -4.14. The fourth-order valence-electron chi connectivity index (χ4n) is 4.78. The fourth-order valence-corrected chi connectivity index (χ4v) is 4.78. The molecule has 0 amide bonds. The van der Waals surface area contributed by atoms with Gasteiger partial charge >= 0.3 is 0 Å². The SMILES string of the molecule is Cc1cccc(C)c1[N-]C(C)O.Cc1cccc(C)c1[N-]C(C)O.Cc1cccc(C)c1[N-]C(C)O.Cc1cccc(C)c1[N-]C(C)O.[N-]=[N+]=[N-].[N-]=[N+]=[N-].[Re].[Re]. The molecule has 4 aromatic rings. The van der Waals surface area contributed by atoms with Crippen molar-refractivity contribution >= 4 is 22.7 Å². The smallest absolute Gasteiger partial charge is 0 e. The van der Waals surface area contributed by atoms with E-state index in [1.165, 1.54) is 9.82 Å². The van der Waals surface area contributed by atoms with E-state index in [1.807, 2.05) is 128 Å². The molecule has 4 unspecified atom stereocenters. The summed E-state index contributed by atoms with van der Waals surface area (Å²) in [4.78, 5) is 3.00. The van der Waals surface area contributed by atoms with Crippen LogP contribution >= 0.6 is 0 Å². The number of aliphatic hydroxyl groups is 4. The molecule has 56 heavy (non-hydrogen) atoms. The molecule has 0 spiro atoms. The van der Waals surface area contributed by atoms with Gasteiger partial charge in [0, 0.05) is 40.8 Å². The first kappa shape index (κ1) is 58.6. The van der Waals surface area contributed by atoms with Gasteiger partial charge in [0.1, 0.15) is 0 Å². The van der Waals surface area contributed by atoms with E-state index in [4.69, 9.17) is 42.6 Å². The van der Waals surface area contributed by atoms with E-state index in [0.29, 0.717) is 0 Å². The Kier molecular flexibility index (Phi) is 34.6. The van der Waals surface area contributed by atoms with Crippen LogP contribution in [0.4, 0.5) is 22.7 Å². The van der Waals surface area contributed by atoms with Crippen molar-refractivity contribution in [2.24, 2.45) is 0 Å². The minimum atomic E-state index is -0.621. The van der Waals surface area contributed by atoms with Crippen LogP contribution in [0.5, 0.6) is 0 Å². The van der Waals surface area contributed by atoms with E-state index >= 15 is 0 Å². The summed E-state index contributed by atoms with van der Waals surface area (Å²) >= 11 is 0. The summed E-state index contributed by atoms with van der Waals surface area (Å²) in [5, 5.41) is 52.8. The summed E-state index contributed by atoms with van der Waals surface area (Å²) in [6, 6.07) is 23.9. The minimum Gasteiger partial charge on any atom is -0.660 e. The topological polar surface area (TPSA) is 255 Å². The molecule has 0 saturated carbocycles. The van der Waals surface area contributed by atoms with E-state index in [9.17, 15) is 0 Å². The van der Waals surface area contributed by atoms with Gasteiger partial charge in [-0.2, -0.15) is 0 Å². The molecule has 16 heteroatoms. The summed E-state index contributed by atoms with van der Waals surface area (Å²) in [6.07, 6.45) is -2.48. The number of benzene rings is 4. The molecule has 4 aromatic carbocycles. The van der Waals surface area contributed by atoms with Crippen LogP contribution in [-0.4, -0.2) is 45.3 Å². The summed E-state index contributed by atoms with van der Waals surface area (Å²) < 4.78 is 0. The van der Waals surface area contributed by atoms with Crippen LogP contribution in [0, 0.1) is 55.4 Å². The largest absolute Gasteiger partial charge is 0.660 e. The van der Waals surface area contributed by atoms with Crippen molar-refractivity contribution in [2.45, 2.75) is 108 Å². The van der Waals surface area contributed by atoms with Crippen LogP contribution in [0.2, 0.25) is 0 Å². The Morgan fingerprint density at radius 1 is 0.357 bits per heavy atom. The van der Waals surface area contributed by atoms with E-state index in [0.717, 1.165) is 67.3 Å². The maximum absolute atomic E-state index is 9.09. The molecule has 0 aliphatic rings. The quantitative estimate of drug-likeness (QED) is 0.0762. The molecular weight excluding hydrogens is 1060 g/mol. The van der Waals surface area contributed by atoms with E-state index in [-0.39, 0.29) is 40.8 Å². The Morgan fingerprint density at radius 3 is 0.554 bits per heavy atom. The Morgan fingerprint density at radius 2 is 0.464 bits per heavy atom. The molecule has 0 fully saturated rings. The number of rotatable bonds is 8. The Labute approximate surface area is 360 Å². The first-order chi connectivity index (χ1) is 25.3. The third-order valence-corrected chi connectivity index (χ3v) is 7.02. The summed E-state index contributed by atoms with van der Waals surface area (Å²) in [5.41, 5.74) is 39.5. The van der Waals surface area contributed by atoms with E-state index < -0.39 is 24.9 Å². The molecule has 2 radical (unpaired) electrons. The number of para-hydroxylation sites is 4. The van der Waals surface area contributed by atoms with Gasteiger partial charge in [0.25, 0.3) is 0 Å². The number of aliphatic hydroxyl groups excluding tert-OH is 4.